The molecule has 4 heteroatoms. The summed E-state index contributed by atoms with van der Waals surface area (Å²) in [5.41, 5.74) is 6.93. The van der Waals surface area contributed by atoms with Crippen LogP contribution in [-0.2, 0) is 0 Å². The molecule has 0 amide bonds. The smallest absolute Gasteiger partial charge is 0.262 e. The largest absolute Gasteiger partial charge is 0.508 e. The highest BCUT2D eigenvalue weighted by molar-refractivity contribution is 5.83. The van der Waals surface area contributed by atoms with Crippen LogP contribution in [0.5, 0.6) is 5.75 Å². The molecule has 3 N–H and O–H groups in total. The van der Waals surface area contributed by atoms with E-state index in [4.69, 9.17) is 5.73 Å². The van der Waals surface area contributed by atoms with Crippen LogP contribution in [0.4, 0.5) is 5.69 Å². The number of nitrogens with zero attached hydrogens (tertiary/aromatic N) is 1. The van der Waals surface area contributed by atoms with E-state index >= 15 is 0 Å². The van der Waals surface area contributed by atoms with Gasteiger partial charge in [-0.3, -0.25) is 9.36 Å². The summed E-state index contributed by atoms with van der Waals surface area (Å²) in [5.74, 6) is 0.150. The Bertz CT molecular complexity index is 804. The maximum atomic E-state index is 12.4. The van der Waals surface area contributed by atoms with Gasteiger partial charge < -0.3 is 10.8 Å². The molecule has 0 spiro atoms. The number of rotatable bonds is 1. The lowest BCUT2D eigenvalue weighted by atomic mass is 10.1. The molecular formula is C15H12N2O2. The first-order chi connectivity index (χ1) is 9.15. The van der Waals surface area contributed by atoms with Crippen molar-refractivity contribution < 1.29 is 5.11 Å². The molecular weight excluding hydrogens is 240 g/mol. The minimum atomic E-state index is -0.123. The minimum absolute atomic E-state index is 0.123. The lowest BCUT2D eigenvalue weighted by Gasteiger charge is -2.07. The summed E-state index contributed by atoms with van der Waals surface area (Å²) in [6.07, 6.45) is 1.69. The number of aromatic hydroxyl groups is 1. The van der Waals surface area contributed by atoms with Gasteiger partial charge in [-0.2, -0.15) is 0 Å². The summed E-state index contributed by atoms with van der Waals surface area (Å²) in [6, 6.07) is 13.6. The highest BCUT2D eigenvalue weighted by atomic mass is 16.3. The highest BCUT2D eigenvalue weighted by Crippen LogP contribution is 2.18. The van der Waals surface area contributed by atoms with Gasteiger partial charge in [-0.15, -0.1) is 0 Å². The summed E-state index contributed by atoms with van der Waals surface area (Å²) in [6.45, 7) is 0. The Kier molecular flexibility index (Phi) is 2.49. The van der Waals surface area contributed by atoms with Crippen LogP contribution in [0.2, 0.25) is 0 Å². The molecule has 0 radical (unpaired) electrons. The average molecular weight is 252 g/mol. The fourth-order valence-electron chi connectivity index (χ4n) is 2.07. The topological polar surface area (TPSA) is 68.2 Å². The molecule has 3 rings (SSSR count). The third kappa shape index (κ3) is 1.93. The standard InChI is InChI=1S/C15H12N2O2/c16-11-1-3-12(4-2-11)17-8-7-10-9-13(18)5-6-14(10)15(17)19/h1-9,18H,16H2. The van der Waals surface area contributed by atoms with Crippen LogP contribution >= 0.6 is 0 Å². The van der Waals surface area contributed by atoms with E-state index in [1.165, 1.54) is 6.07 Å². The maximum absolute atomic E-state index is 12.4. The molecule has 3 aromatic rings. The molecule has 2 aromatic carbocycles. The summed E-state index contributed by atoms with van der Waals surface area (Å²) in [7, 11) is 0. The van der Waals surface area contributed by atoms with Gasteiger partial charge in [0.05, 0.1) is 0 Å². The Morgan fingerprint density at radius 2 is 1.74 bits per heavy atom. The van der Waals surface area contributed by atoms with Gasteiger partial charge >= 0.3 is 0 Å². The quantitative estimate of drug-likeness (QED) is 0.653. The molecule has 19 heavy (non-hydrogen) atoms. The Morgan fingerprint density at radius 3 is 2.47 bits per heavy atom. The number of benzene rings is 2. The Hall–Kier alpha value is -2.75. The van der Waals surface area contributed by atoms with Gasteiger partial charge in [0.15, 0.2) is 0 Å². The van der Waals surface area contributed by atoms with Gasteiger partial charge in [0.2, 0.25) is 0 Å². The molecule has 94 valence electrons. The number of pyridine rings is 1. The number of phenolic OH excluding ortho intramolecular Hbond substituents is 1. The zero-order chi connectivity index (χ0) is 13.4. The molecule has 4 nitrogen and oxygen atoms in total. The van der Waals surface area contributed by atoms with E-state index < -0.39 is 0 Å². The van der Waals surface area contributed by atoms with Crippen molar-refractivity contribution in [1.29, 1.82) is 0 Å². The third-order valence-corrected chi connectivity index (χ3v) is 3.06. The van der Waals surface area contributed by atoms with Crippen molar-refractivity contribution in [3.8, 4) is 11.4 Å². The van der Waals surface area contributed by atoms with Crippen molar-refractivity contribution in [2.24, 2.45) is 0 Å². The summed E-state index contributed by atoms with van der Waals surface area (Å²) in [4.78, 5) is 12.4. The predicted octanol–water partition coefficient (Wildman–Crippen LogP) is 2.28. The monoisotopic (exact) mass is 252 g/mol. The van der Waals surface area contributed by atoms with E-state index in [0.717, 1.165) is 11.1 Å². The van der Waals surface area contributed by atoms with Crippen molar-refractivity contribution in [2.45, 2.75) is 0 Å². The van der Waals surface area contributed by atoms with E-state index in [1.54, 1.807) is 53.2 Å². The van der Waals surface area contributed by atoms with Gasteiger partial charge in [-0.1, -0.05) is 0 Å². The Labute approximate surface area is 109 Å². The Balaban J connectivity index is 2.26. The first kappa shape index (κ1) is 11.3. The SMILES string of the molecule is Nc1ccc(-n2ccc3cc(O)ccc3c2=O)cc1. The van der Waals surface area contributed by atoms with E-state index in [0.29, 0.717) is 11.1 Å². The second kappa shape index (κ2) is 4.17. The molecule has 0 aliphatic carbocycles. The molecule has 0 fully saturated rings. The molecule has 0 unspecified atom stereocenters. The number of hydrogen-bond acceptors (Lipinski definition) is 3. The molecule has 1 aromatic heterocycles. The van der Waals surface area contributed by atoms with Gasteiger partial charge in [-0.25, -0.2) is 0 Å². The normalized spacial score (nSPS) is 10.7. The van der Waals surface area contributed by atoms with Gasteiger partial charge in [0, 0.05) is 23.0 Å². The number of anilines is 1. The molecule has 0 saturated carbocycles. The molecule has 0 aliphatic heterocycles. The fraction of sp³-hybridized carbons (Fsp3) is 0. The van der Waals surface area contributed by atoms with Gasteiger partial charge in [-0.05, 0) is 53.9 Å². The van der Waals surface area contributed by atoms with Crippen molar-refractivity contribution >= 4 is 16.5 Å². The Morgan fingerprint density at radius 1 is 1.00 bits per heavy atom. The van der Waals surface area contributed by atoms with E-state index in [1.807, 2.05) is 0 Å². The van der Waals surface area contributed by atoms with Crippen molar-refractivity contribution in [3.63, 3.8) is 0 Å². The number of hydrogen-bond donors (Lipinski definition) is 2. The van der Waals surface area contributed by atoms with Crippen LogP contribution in [0.25, 0.3) is 16.5 Å². The van der Waals surface area contributed by atoms with Crippen LogP contribution in [0.3, 0.4) is 0 Å². The number of nitrogen functional groups attached to an aromatic ring is 1. The fourth-order valence-corrected chi connectivity index (χ4v) is 2.07. The molecule has 1 heterocycles. The number of phenols is 1. The maximum Gasteiger partial charge on any atom is 0.262 e. The van der Waals surface area contributed by atoms with Crippen molar-refractivity contribution in [1.82, 2.24) is 4.57 Å². The zero-order valence-electron chi connectivity index (χ0n) is 10.1. The van der Waals surface area contributed by atoms with Crippen LogP contribution in [0.1, 0.15) is 0 Å². The highest BCUT2D eigenvalue weighted by Gasteiger charge is 2.05. The summed E-state index contributed by atoms with van der Waals surface area (Å²) < 4.78 is 1.55. The number of nitrogens with two attached hydrogens (primary N) is 1. The lowest BCUT2D eigenvalue weighted by molar-refractivity contribution is 0.476. The first-order valence-electron chi connectivity index (χ1n) is 5.85. The van der Waals surface area contributed by atoms with E-state index in [9.17, 15) is 9.90 Å². The second-order valence-electron chi connectivity index (χ2n) is 4.35. The zero-order valence-corrected chi connectivity index (χ0v) is 10.1. The number of fused-ring (bicyclic) bond motifs is 1. The summed E-state index contributed by atoms with van der Waals surface area (Å²) in [5, 5.41) is 10.7. The van der Waals surface area contributed by atoms with Crippen LogP contribution in [-0.4, -0.2) is 9.67 Å². The second-order valence-corrected chi connectivity index (χ2v) is 4.35. The first-order valence-corrected chi connectivity index (χ1v) is 5.85. The van der Waals surface area contributed by atoms with Crippen molar-refractivity contribution in [3.05, 3.63) is 65.1 Å². The predicted molar refractivity (Wildman–Crippen MR) is 75.6 cm³/mol. The molecule has 0 saturated heterocycles. The lowest BCUT2D eigenvalue weighted by Crippen LogP contribution is -2.17. The van der Waals surface area contributed by atoms with Crippen molar-refractivity contribution in [2.75, 3.05) is 5.73 Å². The van der Waals surface area contributed by atoms with Crippen LogP contribution in [0, 0.1) is 0 Å². The third-order valence-electron chi connectivity index (χ3n) is 3.06. The van der Waals surface area contributed by atoms with Crippen LogP contribution in [0.15, 0.2) is 59.5 Å². The molecule has 0 bridgehead atoms. The van der Waals surface area contributed by atoms with Gasteiger partial charge in [0.1, 0.15) is 5.75 Å². The van der Waals surface area contributed by atoms with E-state index in [-0.39, 0.29) is 11.3 Å². The van der Waals surface area contributed by atoms with Gasteiger partial charge in [0.25, 0.3) is 5.56 Å². The van der Waals surface area contributed by atoms with E-state index in [2.05, 4.69) is 0 Å². The number of aromatic nitrogens is 1. The minimum Gasteiger partial charge on any atom is -0.508 e. The molecule has 0 aliphatic rings. The molecule has 0 atom stereocenters. The summed E-state index contributed by atoms with van der Waals surface area (Å²) >= 11 is 0. The average Bonchev–Trinajstić information content (AvgIpc) is 2.40. The van der Waals surface area contributed by atoms with Crippen LogP contribution < -0.4 is 11.3 Å².